The third-order valence-corrected chi connectivity index (χ3v) is 5.80. The molecular weight excluding hydrogens is 390 g/mol. The SMILES string of the molecule is Cc1nc(C)c(C(=O)C2=C(O)C(=O)N(c3ccccc3O)C2c2ccncc2)s1. The summed E-state index contributed by atoms with van der Waals surface area (Å²) in [4.78, 5) is 36.3. The van der Waals surface area contributed by atoms with E-state index in [1.54, 1.807) is 56.6 Å². The molecule has 0 saturated carbocycles. The lowest BCUT2D eigenvalue weighted by Crippen LogP contribution is -2.31. The first kappa shape index (κ1) is 18.8. The van der Waals surface area contributed by atoms with E-state index in [-0.39, 0.29) is 17.0 Å². The van der Waals surface area contributed by atoms with Gasteiger partial charge < -0.3 is 10.2 Å². The number of aromatic nitrogens is 2. The van der Waals surface area contributed by atoms with Crippen molar-refractivity contribution in [3.63, 3.8) is 0 Å². The van der Waals surface area contributed by atoms with Crippen molar-refractivity contribution in [3.8, 4) is 5.75 Å². The van der Waals surface area contributed by atoms with Gasteiger partial charge in [0.05, 0.1) is 32.9 Å². The molecule has 1 aromatic carbocycles. The number of hydrogen-bond acceptors (Lipinski definition) is 7. The molecule has 1 unspecified atom stereocenters. The minimum absolute atomic E-state index is 0.0452. The largest absolute Gasteiger partial charge is 0.506 e. The molecule has 1 aliphatic rings. The van der Waals surface area contributed by atoms with Crippen LogP contribution in [0.25, 0.3) is 0 Å². The smallest absolute Gasteiger partial charge is 0.294 e. The molecule has 0 saturated heterocycles. The van der Waals surface area contributed by atoms with E-state index in [0.29, 0.717) is 21.1 Å². The quantitative estimate of drug-likeness (QED) is 0.640. The summed E-state index contributed by atoms with van der Waals surface area (Å²) in [6.07, 6.45) is 3.09. The first-order valence-corrected chi connectivity index (χ1v) is 9.65. The highest BCUT2D eigenvalue weighted by Gasteiger charge is 2.46. The van der Waals surface area contributed by atoms with Crippen LogP contribution in [-0.4, -0.2) is 31.9 Å². The second-order valence-corrected chi connectivity index (χ2v) is 7.79. The van der Waals surface area contributed by atoms with E-state index in [0.717, 1.165) is 0 Å². The van der Waals surface area contributed by atoms with Crippen LogP contribution in [-0.2, 0) is 4.79 Å². The predicted molar refractivity (Wildman–Crippen MR) is 108 cm³/mol. The Morgan fingerprint density at radius 3 is 2.41 bits per heavy atom. The highest BCUT2D eigenvalue weighted by atomic mass is 32.1. The fraction of sp³-hybridized carbons (Fsp3) is 0.143. The van der Waals surface area contributed by atoms with E-state index < -0.39 is 23.5 Å². The van der Waals surface area contributed by atoms with Crippen LogP contribution >= 0.6 is 11.3 Å². The number of aliphatic hydroxyl groups is 1. The van der Waals surface area contributed by atoms with Crippen molar-refractivity contribution in [1.29, 1.82) is 0 Å². The van der Waals surface area contributed by atoms with Gasteiger partial charge in [0.25, 0.3) is 5.91 Å². The Morgan fingerprint density at radius 1 is 1.10 bits per heavy atom. The van der Waals surface area contributed by atoms with Crippen LogP contribution in [0.5, 0.6) is 5.75 Å². The summed E-state index contributed by atoms with van der Waals surface area (Å²) in [5, 5.41) is 21.7. The van der Waals surface area contributed by atoms with Gasteiger partial charge in [-0.1, -0.05) is 12.1 Å². The van der Waals surface area contributed by atoms with E-state index in [1.807, 2.05) is 0 Å². The summed E-state index contributed by atoms with van der Waals surface area (Å²) in [5.74, 6) is -1.98. The Labute approximate surface area is 170 Å². The number of amides is 1. The van der Waals surface area contributed by atoms with E-state index >= 15 is 0 Å². The molecule has 146 valence electrons. The fourth-order valence-corrected chi connectivity index (χ4v) is 4.35. The zero-order valence-corrected chi connectivity index (χ0v) is 16.5. The van der Waals surface area contributed by atoms with Crippen LogP contribution in [0.1, 0.15) is 32.0 Å². The van der Waals surface area contributed by atoms with Crippen LogP contribution in [0.3, 0.4) is 0 Å². The second-order valence-electron chi connectivity index (χ2n) is 6.59. The van der Waals surface area contributed by atoms with Crippen molar-refractivity contribution < 1.29 is 19.8 Å². The summed E-state index contributed by atoms with van der Waals surface area (Å²) in [6, 6.07) is 8.73. The first-order chi connectivity index (χ1) is 13.9. The highest BCUT2D eigenvalue weighted by molar-refractivity contribution is 7.14. The molecule has 0 spiro atoms. The molecule has 7 nitrogen and oxygen atoms in total. The normalized spacial score (nSPS) is 16.6. The van der Waals surface area contributed by atoms with Crippen LogP contribution in [0.2, 0.25) is 0 Å². The maximum Gasteiger partial charge on any atom is 0.294 e. The number of pyridine rings is 1. The molecule has 2 N–H and O–H groups in total. The molecule has 3 heterocycles. The molecule has 2 aromatic heterocycles. The van der Waals surface area contributed by atoms with Crippen molar-refractivity contribution in [2.75, 3.05) is 4.90 Å². The number of nitrogens with zero attached hydrogens (tertiary/aromatic N) is 3. The van der Waals surface area contributed by atoms with Gasteiger partial charge in [0, 0.05) is 12.4 Å². The Hall–Kier alpha value is -3.52. The molecule has 1 amide bonds. The lowest BCUT2D eigenvalue weighted by Gasteiger charge is -2.27. The molecule has 0 bridgehead atoms. The molecule has 1 aliphatic heterocycles. The number of rotatable bonds is 4. The minimum Gasteiger partial charge on any atom is -0.506 e. The van der Waals surface area contributed by atoms with Crippen LogP contribution in [0.15, 0.2) is 60.1 Å². The Morgan fingerprint density at radius 2 is 1.79 bits per heavy atom. The molecule has 0 fully saturated rings. The maximum atomic E-state index is 13.4. The van der Waals surface area contributed by atoms with Crippen molar-refractivity contribution in [3.05, 3.63) is 81.3 Å². The number of ketones is 1. The van der Waals surface area contributed by atoms with Gasteiger partial charge in [0.1, 0.15) is 5.75 Å². The highest BCUT2D eigenvalue weighted by Crippen LogP contribution is 2.44. The summed E-state index contributed by atoms with van der Waals surface area (Å²) in [6.45, 7) is 3.50. The summed E-state index contributed by atoms with van der Waals surface area (Å²) in [7, 11) is 0. The Balaban J connectivity index is 1.91. The molecule has 0 aliphatic carbocycles. The third kappa shape index (κ3) is 3.07. The summed E-state index contributed by atoms with van der Waals surface area (Å²) >= 11 is 1.21. The van der Waals surface area contributed by atoms with Crippen LogP contribution < -0.4 is 4.90 Å². The zero-order valence-electron chi connectivity index (χ0n) is 15.7. The lowest BCUT2D eigenvalue weighted by molar-refractivity contribution is -0.117. The van der Waals surface area contributed by atoms with Gasteiger partial charge in [-0.3, -0.25) is 19.5 Å². The van der Waals surface area contributed by atoms with Crippen LogP contribution in [0.4, 0.5) is 5.69 Å². The first-order valence-electron chi connectivity index (χ1n) is 8.83. The van der Waals surface area contributed by atoms with Gasteiger partial charge >= 0.3 is 0 Å². The van der Waals surface area contributed by atoms with Gasteiger partial charge in [-0.25, -0.2) is 4.98 Å². The number of para-hydroxylation sites is 2. The van der Waals surface area contributed by atoms with Gasteiger partial charge in [-0.15, -0.1) is 11.3 Å². The van der Waals surface area contributed by atoms with Gasteiger partial charge in [-0.05, 0) is 43.7 Å². The number of aliphatic hydroxyl groups excluding tert-OH is 1. The second kappa shape index (κ2) is 7.14. The molecule has 1 atom stereocenters. The number of Topliss-reactive ketones (excluding diaryl/α,β-unsaturated/α-hetero) is 1. The van der Waals surface area contributed by atoms with E-state index in [4.69, 9.17) is 0 Å². The van der Waals surface area contributed by atoms with Gasteiger partial charge in [-0.2, -0.15) is 0 Å². The number of hydrogen-bond donors (Lipinski definition) is 2. The third-order valence-electron chi connectivity index (χ3n) is 4.73. The number of benzene rings is 1. The number of thiazole rings is 1. The van der Waals surface area contributed by atoms with Crippen molar-refractivity contribution in [1.82, 2.24) is 9.97 Å². The topological polar surface area (TPSA) is 104 Å². The number of carbonyl (C=O) groups is 2. The molecule has 29 heavy (non-hydrogen) atoms. The lowest BCUT2D eigenvalue weighted by atomic mass is 9.95. The maximum absolute atomic E-state index is 13.4. The van der Waals surface area contributed by atoms with Crippen molar-refractivity contribution >= 4 is 28.7 Å². The Kier molecular flexibility index (Phi) is 4.63. The van der Waals surface area contributed by atoms with E-state index in [2.05, 4.69) is 9.97 Å². The molecule has 0 radical (unpaired) electrons. The van der Waals surface area contributed by atoms with Crippen molar-refractivity contribution in [2.45, 2.75) is 19.9 Å². The van der Waals surface area contributed by atoms with Gasteiger partial charge in [0.15, 0.2) is 5.76 Å². The summed E-state index contributed by atoms with van der Waals surface area (Å²) < 4.78 is 0. The molecule has 3 aromatic rings. The number of aromatic hydroxyl groups is 1. The zero-order chi connectivity index (χ0) is 20.7. The number of aryl methyl sites for hydroxylation is 2. The molecule has 8 heteroatoms. The summed E-state index contributed by atoms with van der Waals surface area (Å²) in [5.41, 5.74) is 1.28. The molecular formula is C21H17N3O4S. The number of phenols is 1. The number of carbonyl (C=O) groups excluding carboxylic acids is 2. The van der Waals surface area contributed by atoms with E-state index in [1.165, 1.54) is 22.3 Å². The fourth-order valence-electron chi connectivity index (χ4n) is 3.48. The average molecular weight is 407 g/mol. The van der Waals surface area contributed by atoms with Gasteiger partial charge in [0.2, 0.25) is 5.78 Å². The molecule has 4 rings (SSSR count). The standard InChI is InChI=1S/C21H17N3O4S/c1-11-20(29-12(2)23-11)18(26)16-17(13-7-9-22-10-8-13)24(21(28)19(16)27)14-5-3-4-6-15(14)25/h3-10,17,25,27H,1-2H3. The average Bonchev–Trinajstić information content (AvgIpc) is 3.18. The van der Waals surface area contributed by atoms with Crippen LogP contribution in [0, 0.1) is 13.8 Å². The predicted octanol–water partition coefficient (Wildman–Crippen LogP) is 3.64. The monoisotopic (exact) mass is 407 g/mol. The van der Waals surface area contributed by atoms with Crippen molar-refractivity contribution in [2.24, 2.45) is 0 Å². The van der Waals surface area contributed by atoms with E-state index in [9.17, 15) is 19.8 Å². The number of phenolic OH excluding ortho intramolecular Hbond substituents is 1. The minimum atomic E-state index is -0.909. The Bertz CT molecular complexity index is 1150. The number of anilines is 1.